The van der Waals surface area contributed by atoms with Crippen LogP contribution in [0, 0.1) is 0 Å². The number of hydrogen-bond acceptors (Lipinski definition) is 5. The van der Waals surface area contributed by atoms with E-state index >= 15 is 0 Å². The third-order valence-electron chi connectivity index (χ3n) is 5.04. The van der Waals surface area contributed by atoms with Gasteiger partial charge in [0, 0.05) is 30.0 Å². The van der Waals surface area contributed by atoms with Gasteiger partial charge in [0.25, 0.3) is 0 Å². The quantitative estimate of drug-likeness (QED) is 0.868. The Hall–Kier alpha value is -1.82. The fourth-order valence-corrected chi connectivity index (χ4v) is 3.90. The van der Waals surface area contributed by atoms with Crippen LogP contribution in [0.1, 0.15) is 25.7 Å². The van der Waals surface area contributed by atoms with E-state index in [9.17, 15) is 4.39 Å². The summed E-state index contributed by atoms with van der Waals surface area (Å²) in [4.78, 5) is 15.0. The van der Waals surface area contributed by atoms with Gasteiger partial charge in [-0.25, -0.2) is 9.37 Å². The fourth-order valence-electron chi connectivity index (χ4n) is 3.90. The molecule has 0 saturated carbocycles. The summed E-state index contributed by atoms with van der Waals surface area (Å²) < 4.78 is 19.0. The molecule has 2 fully saturated rings. The Labute approximate surface area is 128 Å². The first kappa shape index (κ1) is 13.8. The summed E-state index contributed by atoms with van der Waals surface area (Å²) in [5.74, 6) is 0. The SMILES string of the molecule is FC[C@H]1CC[C@@]2(COc3ncc4cnccc4n3)CCCN12. The molecule has 0 N–H and O–H groups in total. The van der Waals surface area contributed by atoms with E-state index in [0.29, 0.717) is 12.6 Å². The van der Waals surface area contributed by atoms with Gasteiger partial charge in [-0.15, -0.1) is 0 Å². The minimum absolute atomic E-state index is 0.0205. The Balaban J connectivity index is 1.51. The first-order valence-corrected chi connectivity index (χ1v) is 7.83. The standard InChI is InChI=1S/C16H19FN4O/c17-8-13-2-5-16(4-1-7-21(13)16)11-22-15-19-10-12-9-18-6-3-14(12)20-15/h3,6,9-10,13H,1-2,4-5,7-8,11H2/t13-,16-/m1/s1. The first-order valence-electron chi connectivity index (χ1n) is 7.83. The lowest BCUT2D eigenvalue weighted by molar-refractivity contribution is 0.0772. The summed E-state index contributed by atoms with van der Waals surface area (Å²) in [5.41, 5.74) is 0.807. The molecule has 0 unspecified atom stereocenters. The molecule has 2 aliphatic rings. The van der Waals surface area contributed by atoms with E-state index in [1.165, 1.54) is 0 Å². The van der Waals surface area contributed by atoms with Crippen molar-refractivity contribution in [1.82, 2.24) is 19.9 Å². The summed E-state index contributed by atoms with van der Waals surface area (Å²) in [7, 11) is 0. The number of halogens is 1. The molecule has 0 amide bonds. The maximum atomic E-state index is 13.1. The minimum Gasteiger partial charge on any atom is -0.461 e. The molecule has 4 heterocycles. The fraction of sp³-hybridized carbons (Fsp3) is 0.562. The second kappa shape index (κ2) is 5.43. The zero-order valence-corrected chi connectivity index (χ0v) is 12.4. The maximum absolute atomic E-state index is 13.1. The molecule has 2 aromatic heterocycles. The molecule has 6 heteroatoms. The summed E-state index contributed by atoms with van der Waals surface area (Å²) >= 11 is 0. The van der Waals surface area contributed by atoms with Crippen molar-refractivity contribution in [2.45, 2.75) is 37.3 Å². The van der Waals surface area contributed by atoms with E-state index in [0.717, 1.165) is 43.1 Å². The van der Waals surface area contributed by atoms with Crippen molar-refractivity contribution >= 4 is 10.9 Å². The predicted octanol–water partition coefficient (Wildman–Crippen LogP) is 2.37. The van der Waals surface area contributed by atoms with E-state index in [-0.39, 0.29) is 18.3 Å². The van der Waals surface area contributed by atoms with E-state index in [4.69, 9.17) is 4.74 Å². The summed E-state index contributed by atoms with van der Waals surface area (Å²) in [6.45, 7) is 1.25. The molecule has 2 atom stereocenters. The molecule has 0 spiro atoms. The number of rotatable bonds is 4. The van der Waals surface area contributed by atoms with E-state index in [1.54, 1.807) is 18.6 Å². The van der Waals surface area contributed by atoms with Crippen molar-refractivity contribution in [3.8, 4) is 6.01 Å². The largest absolute Gasteiger partial charge is 0.461 e. The van der Waals surface area contributed by atoms with Crippen LogP contribution in [-0.2, 0) is 0 Å². The molecule has 0 aromatic carbocycles. The molecular formula is C16H19FN4O. The van der Waals surface area contributed by atoms with Crippen molar-refractivity contribution in [3.05, 3.63) is 24.7 Å². The lowest BCUT2D eigenvalue weighted by atomic mass is 9.95. The summed E-state index contributed by atoms with van der Waals surface area (Å²) in [6, 6.07) is 2.30. The van der Waals surface area contributed by atoms with Crippen LogP contribution in [0.2, 0.25) is 0 Å². The van der Waals surface area contributed by atoms with Crippen molar-refractivity contribution in [2.75, 3.05) is 19.8 Å². The van der Waals surface area contributed by atoms with Crippen molar-refractivity contribution in [2.24, 2.45) is 0 Å². The highest BCUT2D eigenvalue weighted by atomic mass is 19.1. The van der Waals surface area contributed by atoms with Crippen molar-refractivity contribution in [3.63, 3.8) is 0 Å². The van der Waals surface area contributed by atoms with Crippen LogP contribution < -0.4 is 4.74 Å². The molecule has 0 bridgehead atoms. The molecule has 2 saturated heterocycles. The summed E-state index contributed by atoms with van der Waals surface area (Å²) in [5, 5.41) is 0.897. The van der Waals surface area contributed by atoms with Crippen molar-refractivity contribution < 1.29 is 9.13 Å². The van der Waals surface area contributed by atoms with Crippen LogP contribution in [0.3, 0.4) is 0 Å². The van der Waals surface area contributed by atoms with Crippen molar-refractivity contribution in [1.29, 1.82) is 0 Å². The van der Waals surface area contributed by atoms with Crippen LogP contribution in [0.25, 0.3) is 10.9 Å². The van der Waals surface area contributed by atoms with Crippen LogP contribution in [0.15, 0.2) is 24.7 Å². The topological polar surface area (TPSA) is 51.1 Å². The number of fused-ring (bicyclic) bond motifs is 2. The second-order valence-corrected chi connectivity index (χ2v) is 6.24. The Morgan fingerprint density at radius 1 is 1.36 bits per heavy atom. The van der Waals surface area contributed by atoms with Gasteiger partial charge in [0.15, 0.2) is 0 Å². The zero-order chi connectivity index (χ0) is 15.0. The number of aromatic nitrogens is 3. The van der Waals surface area contributed by atoms with Gasteiger partial charge in [-0.1, -0.05) is 0 Å². The van der Waals surface area contributed by atoms with E-state index in [2.05, 4.69) is 19.9 Å². The molecule has 4 rings (SSSR count). The number of nitrogens with zero attached hydrogens (tertiary/aromatic N) is 4. The van der Waals surface area contributed by atoms with Crippen LogP contribution in [-0.4, -0.2) is 51.3 Å². The lowest BCUT2D eigenvalue weighted by Gasteiger charge is -2.33. The van der Waals surface area contributed by atoms with E-state index < -0.39 is 0 Å². The molecule has 2 aliphatic heterocycles. The molecule has 5 nitrogen and oxygen atoms in total. The third-order valence-corrected chi connectivity index (χ3v) is 5.04. The van der Waals surface area contributed by atoms with Gasteiger partial charge in [0.1, 0.15) is 13.3 Å². The normalized spacial score (nSPS) is 28.1. The average Bonchev–Trinajstić information content (AvgIpc) is 3.11. The van der Waals surface area contributed by atoms with Crippen LogP contribution >= 0.6 is 0 Å². The second-order valence-electron chi connectivity index (χ2n) is 6.24. The van der Waals surface area contributed by atoms with Gasteiger partial charge < -0.3 is 4.74 Å². The van der Waals surface area contributed by atoms with Crippen LogP contribution in [0.5, 0.6) is 6.01 Å². The van der Waals surface area contributed by atoms with E-state index in [1.807, 2.05) is 6.07 Å². The highest BCUT2D eigenvalue weighted by Gasteiger charge is 2.49. The van der Waals surface area contributed by atoms with Crippen LogP contribution in [0.4, 0.5) is 4.39 Å². The highest BCUT2D eigenvalue weighted by Crippen LogP contribution is 2.42. The van der Waals surface area contributed by atoms with Gasteiger partial charge in [-0.2, -0.15) is 4.98 Å². The van der Waals surface area contributed by atoms with Gasteiger partial charge in [0.2, 0.25) is 0 Å². The Morgan fingerprint density at radius 2 is 2.32 bits per heavy atom. The van der Waals surface area contributed by atoms with Gasteiger partial charge in [-0.05, 0) is 38.3 Å². The monoisotopic (exact) mass is 302 g/mol. The van der Waals surface area contributed by atoms with Gasteiger partial charge in [0.05, 0.1) is 11.1 Å². The molecule has 22 heavy (non-hydrogen) atoms. The Bertz CT molecular complexity index is 682. The molecule has 116 valence electrons. The number of ether oxygens (including phenoxy) is 1. The van der Waals surface area contributed by atoms with Gasteiger partial charge in [-0.3, -0.25) is 9.88 Å². The number of alkyl halides is 1. The highest BCUT2D eigenvalue weighted by molar-refractivity contribution is 5.76. The molecule has 0 radical (unpaired) electrons. The predicted molar refractivity (Wildman–Crippen MR) is 80.5 cm³/mol. The zero-order valence-electron chi connectivity index (χ0n) is 12.4. The Morgan fingerprint density at radius 3 is 3.23 bits per heavy atom. The lowest BCUT2D eigenvalue weighted by Crippen LogP contribution is -2.47. The summed E-state index contributed by atoms with van der Waals surface area (Å²) in [6.07, 6.45) is 9.28. The molecule has 0 aliphatic carbocycles. The smallest absolute Gasteiger partial charge is 0.316 e. The number of hydrogen-bond donors (Lipinski definition) is 0. The molecule has 2 aromatic rings. The minimum atomic E-state index is -0.263. The first-order chi connectivity index (χ1) is 10.8. The molecular weight excluding hydrogens is 283 g/mol. The average molecular weight is 302 g/mol. The van der Waals surface area contributed by atoms with Gasteiger partial charge >= 0.3 is 6.01 Å². The maximum Gasteiger partial charge on any atom is 0.316 e. The third kappa shape index (κ3) is 2.22. The number of pyridine rings is 1. The Kier molecular flexibility index (Phi) is 3.41.